The van der Waals surface area contributed by atoms with Crippen molar-refractivity contribution in [3.63, 3.8) is 0 Å². The molecule has 0 radical (unpaired) electrons. The summed E-state index contributed by atoms with van der Waals surface area (Å²) >= 11 is 0. The van der Waals surface area contributed by atoms with Crippen LogP contribution in [0.5, 0.6) is 17.2 Å². The number of alkyl halides is 2. The Labute approximate surface area is 144 Å². The fraction of sp³-hybridized carbons (Fsp3) is 0.278. The first-order valence-electron chi connectivity index (χ1n) is 7.38. The van der Waals surface area contributed by atoms with Gasteiger partial charge in [-0.25, -0.2) is 4.79 Å². The standard InChI is InChI=1S/C18H18F2O5/c1-11-4-6-13(9-15(11)22-2)17(21)24-10-12-5-7-14(25-18(19)20)16(8-12)23-3/h4-9,18H,10H2,1-3H3. The van der Waals surface area contributed by atoms with Crippen molar-refractivity contribution in [2.75, 3.05) is 14.2 Å². The van der Waals surface area contributed by atoms with Gasteiger partial charge < -0.3 is 18.9 Å². The molecule has 0 saturated heterocycles. The lowest BCUT2D eigenvalue weighted by Gasteiger charge is -2.12. The fourth-order valence-corrected chi connectivity index (χ4v) is 2.17. The van der Waals surface area contributed by atoms with E-state index in [9.17, 15) is 13.6 Å². The molecule has 0 aliphatic heterocycles. The smallest absolute Gasteiger partial charge is 0.387 e. The maximum absolute atomic E-state index is 12.3. The third-order valence-electron chi connectivity index (χ3n) is 3.46. The van der Waals surface area contributed by atoms with E-state index in [4.69, 9.17) is 14.2 Å². The number of hydrogen-bond donors (Lipinski definition) is 0. The quantitative estimate of drug-likeness (QED) is 0.706. The van der Waals surface area contributed by atoms with Crippen LogP contribution in [0.25, 0.3) is 0 Å². The number of carbonyl (C=O) groups excluding carboxylic acids is 1. The summed E-state index contributed by atoms with van der Waals surface area (Å²) < 4.78 is 44.4. The highest BCUT2D eigenvalue weighted by Gasteiger charge is 2.13. The molecule has 134 valence electrons. The summed E-state index contributed by atoms with van der Waals surface area (Å²) in [6, 6.07) is 9.32. The van der Waals surface area contributed by atoms with Gasteiger partial charge in [0, 0.05) is 0 Å². The predicted octanol–water partition coefficient (Wildman–Crippen LogP) is 3.97. The molecule has 0 unspecified atom stereocenters. The highest BCUT2D eigenvalue weighted by molar-refractivity contribution is 5.90. The van der Waals surface area contributed by atoms with Crippen LogP contribution in [-0.2, 0) is 11.3 Å². The number of methoxy groups -OCH3 is 2. The minimum atomic E-state index is -2.95. The third-order valence-corrected chi connectivity index (χ3v) is 3.46. The van der Waals surface area contributed by atoms with Crippen molar-refractivity contribution in [3.8, 4) is 17.2 Å². The molecule has 0 fully saturated rings. The van der Waals surface area contributed by atoms with E-state index in [1.807, 2.05) is 6.92 Å². The number of carbonyl (C=O) groups is 1. The summed E-state index contributed by atoms with van der Waals surface area (Å²) in [6.07, 6.45) is 0. The number of aryl methyl sites for hydroxylation is 1. The number of hydrogen-bond acceptors (Lipinski definition) is 5. The Morgan fingerprint density at radius 3 is 2.36 bits per heavy atom. The maximum atomic E-state index is 12.3. The normalized spacial score (nSPS) is 10.5. The molecule has 0 aromatic heterocycles. The lowest BCUT2D eigenvalue weighted by atomic mass is 10.1. The lowest BCUT2D eigenvalue weighted by Crippen LogP contribution is -2.07. The monoisotopic (exact) mass is 352 g/mol. The molecule has 7 heteroatoms. The van der Waals surface area contributed by atoms with Gasteiger partial charge in [-0.3, -0.25) is 0 Å². The Kier molecular flexibility index (Phi) is 6.16. The fourth-order valence-electron chi connectivity index (χ4n) is 2.17. The van der Waals surface area contributed by atoms with Crippen LogP contribution >= 0.6 is 0 Å². The molecule has 0 saturated carbocycles. The number of esters is 1. The summed E-state index contributed by atoms with van der Waals surface area (Å²) in [5.41, 5.74) is 1.83. The van der Waals surface area contributed by atoms with Crippen LogP contribution < -0.4 is 14.2 Å². The highest BCUT2D eigenvalue weighted by atomic mass is 19.3. The molecule has 5 nitrogen and oxygen atoms in total. The molecule has 2 aromatic carbocycles. The van der Waals surface area contributed by atoms with E-state index in [1.54, 1.807) is 18.2 Å². The van der Waals surface area contributed by atoms with E-state index in [2.05, 4.69) is 4.74 Å². The maximum Gasteiger partial charge on any atom is 0.387 e. The number of halogens is 2. The van der Waals surface area contributed by atoms with Gasteiger partial charge in [-0.2, -0.15) is 8.78 Å². The molecule has 0 aliphatic carbocycles. The first-order chi connectivity index (χ1) is 11.9. The van der Waals surface area contributed by atoms with Crippen molar-refractivity contribution in [1.82, 2.24) is 0 Å². The molecular formula is C18H18F2O5. The van der Waals surface area contributed by atoms with E-state index >= 15 is 0 Å². The zero-order valence-electron chi connectivity index (χ0n) is 14.0. The van der Waals surface area contributed by atoms with E-state index in [-0.39, 0.29) is 18.1 Å². The molecule has 2 aromatic rings. The molecule has 0 bridgehead atoms. The Morgan fingerprint density at radius 2 is 1.72 bits per heavy atom. The highest BCUT2D eigenvalue weighted by Crippen LogP contribution is 2.29. The zero-order valence-corrected chi connectivity index (χ0v) is 14.0. The molecule has 0 amide bonds. The summed E-state index contributed by atoms with van der Waals surface area (Å²) in [6.45, 7) is -1.13. The molecule has 2 rings (SSSR count). The van der Waals surface area contributed by atoms with Gasteiger partial charge in [0.1, 0.15) is 12.4 Å². The van der Waals surface area contributed by atoms with E-state index in [1.165, 1.54) is 32.4 Å². The Balaban J connectivity index is 2.06. The first kappa shape index (κ1) is 18.5. The SMILES string of the molecule is COc1cc(C(=O)OCc2ccc(OC(F)F)c(OC)c2)ccc1C. The second kappa shape index (κ2) is 8.32. The molecule has 0 spiro atoms. The van der Waals surface area contributed by atoms with Crippen LogP contribution in [0.1, 0.15) is 21.5 Å². The van der Waals surface area contributed by atoms with E-state index in [0.29, 0.717) is 16.9 Å². The number of ether oxygens (including phenoxy) is 4. The second-order valence-corrected chi connectivity index (χ2v) is 5.12. The van der Waals surface area contributed by atoms with Crippen LogP contribution in [0, 0.1) is 6.92 Å². The van der Waals surface area contributed by atoms with Crippen LogP contribution in [0.4, 0.5) is 8.78 Å². The van der Waals surface area contributed by atoms with Gasteiger partial charge in [0.15, 0.2) is 11.5 Å². The Bertz CT molecular complexity index is 746. The number of rotatable bonds is 7. The van der Waals surface area contributed by atoms with Gasteiger partial charge in [0.05, 0.1) is 19.8 Å². The predicted molar refractivity (Wildman–Crippen MR) is 86.5 cm³/mol. The molecule has 0 aliphatic rings. The summed E-state index contributed by atoms with van der Waals surface area (Å²) in [5.74, 6) is 0.108. The second-order valence-electron chi connectivity index (χ2n) is 5.12. The van der Waals surface area contributed by atoms with Gasteiger partial charge in [-0.05, 0) is 42.3 Å². The van der Waals surface area contributed by atoms with Crippen molar-refractivity contribution in [2.45, 2.75) is 20.1 Å². The van der Waals surface area contributed by atoms with Crippen molar-refractivity contribution in [2.24, 2.45) is 0 Å². The topological polar surface area (TPSA) is 54.0 Å². The summed E-state index contributed by atoms with van der Waals surface area (Å²) in [5, 5.41) is 0. The van der Waals surface area contributed by atoms with E-state index < -0.39 is 12.6 Å². The van der Waals surface area contributed by atoms with Gasteiger partial charge in [0.25, 0.3) is 0 Å². The summed E-state index contributed by atoms with van der Waals surface area (Å²) in [4.78, 5) is 12.1. The molecule has 0 heterocycles. The van der Waals surface area contributed by atoms with Crippen molar-refractivity contribution in [1.29, 1.82) is 0 Å². The van der Waals surface area contributed by atoms with Gasteiger partial charge in [0.2, 0.25) is 0 Å². The van der Waals surface area contributed by atoms with Crippen LogP contribution in [0.2, 0.25) is 0 Å². The largest absolute Gasteiger partial charge is 0.496 e. The summed E-state index contributed by atoms with van der Waals surface area (Å²) in [7, 11) is 2.86. The minimum absolute atomic E-state index is 0.0413. The zero-order chi connectivity index (χ0) is 18.4. The average molecular weight is 352 g/mol. The molecular weight excluding hydrogens is 334 g/mol. The van der Waals surface area contributed by atoms with Crippen molar-refractivity contribution in [3.05, 3.63) is 53.1 Å². The van der Waals surface area contributed by atoms with Crippen LogP contribution in [0.15, 0.2) is 36.4 Å². The minimum Gasteiger partial charge on any atom is -0.496 e. The van der Waals surface area contributed by atoms with Crippen LogP contribution in [-0.4, -0.2) is 26.8 Å². The van der Waals surface area contributed by atoms with Gasteiger partial charge in [-0.15, -0.1) is 0 Å². The number of benzene rings is 2. The van der Waals surface area contributed by atoms with Crippen LogP contribution in [0.3, 0.4) is 0 Å². The molecule has 0 N–H and O–H groups in total. The van der Waals surface area contributed by atoms with Gasteiger partial charge in [-0.1, -0.05) is 12.1 Å². The Hall–Kier alpha value is -2.83. The van der Waals surface area contributed by atoms with Crippen molar-refractivity contribution < 1.29 is 32.5 Å². The molecule has 25 heavy (non-hydrogen) atoms. The average Bonchev–Trinajstić information content (AvgIpc) is 2.60. The first-order valence-corrected chi connectivity index (χ1v) is 7.38. The third kappa shape index (κ3) is 4.82. The Morgan fingerprint density at radius 1 is 1.00 bits per heavy atom. The molecule has 0 atom stereocenters. The lowest BCUT2D eigenvalue weighted by molar-refractivity contribution is -0.0512. The van der Waals surface area contributed by atoms with E-state index in [0.717, 1.165) is 5.56 Å². The van der Waals surface area contributed by atoms with Gasteiger partial charge >= 0.3 is 12.6 Å². The van der Waals surface area contributed by atoms with Crippen molar-refractivity contribution >= 4 is 5.97 Å².